The smallest absolute Gasteiger partial charge is 0.301 e. The molecule has 4 rings (SSSR count). The third-order valence-electron chi connectivity index (χ3n) is 12.4. The van der Waals surface area contributed by atoms with E-state index in [9.17, 15) is 10.1 Å². The molecule has 0 aromatic rings. The molecule has 2 N–H and O–H groups in total. The van der Waals surface area contributed by atoms with E-state index in [1.807, 2.05) is 6.92 Å². The second-order valence-electron chi connectivity index (χ2n) is 13.3. The average molecular weight is 489 g/mol. The number of rotatable bonds is 10. The Labute approximate surface area is 212 Å². The largest absolute Gasteiger partial charge is 0.346 e. The van der Waals surface area contributed by atoms with Crippen molar-refractivity contribution < 1.29 is 25.1 Å². The first-order chi connectivity index (χ1) is 16.5. The first kappa shape index (κ1) is 26.9. The lowest BCUT2D eigenvalue weighted by atomic mass is 9.43. The summed E-state index contributed by atoms with van der Waals surface area (Å²) < 4.78 is 0. The summed E-state index contributed by atoms with van der Waals surface area (Å²) in [5.41, 5.74) is 3.13. The van der Waals surface area contributed by atoms with E-state index < -0.39 is 5.97 Å². The van der Waals surface area contributed by atoms with Gasteiger partial charge >= 0.3 is 5.97 Å². The highest BCUT2D eigenvalue weighted by molar-refractivity contribution is 5.71. The van der Waals surface area contributed by atoms with Gasteiger partial charge in [-0.3, -0.25) is 5.26 Å². The minimum Gasteiger partial charge on any atom is -0.301 e. The van der Waals surface area contributed by atoms with E-state index in [0.29, 0.717) is 34.0 Å². The first-order valence-electron chi connectivity index (χ1n) is 13.9. The van der Waals surface area contributed by atoms with Crippen molar-refractivity contribution in [3.63, 3.8) is 0 Å². The van der Waals surface area contributed by atoms with Crippen molar-refractivity contribution in [1.29, 1.82) is 0 Å². The van der Waals surface area contributed by atoms with Crippen molar-refractivity contribution in [2.75, 3.05) is 0 Å². The molecule has 0 bridgehead atoms. The van der Waals surface area contributed by atoms with Gasteiger partial charge < -0.3 is 4.89 Å². The minimum absolute atomic E-state index is 0.126. The van der Waals surface area contributed by atoms with Crippen molar-refractivity contribution in [3.05, 3.63) is 24.3 Å². The fraction of sp³-hybridized carbons (Fsp3) is 0.833. The number of hydrogen-bond donors (Lipinski definition) is 2. The van der Waals surface area contributed by atoms with Gasteiger partial charge in [0.2, 0.25) is 0 Å². The van der Waals surface area contributed by atoms with Gasteiger partial charge in [-0.15, -0.1) is 0 Å². The minimum atomic E-state index is -0.589. The Morgan fingerprint density at radius 3 is 2.37 bits per heavy atom. The van der Waals surface area contributed by atoms with E-state index in [2.05, 4.69) is 45.7 Å². The van der Waals surface area contributed by atoms with Crippen LogP contribution < -0.4 is 0 Å². The number of carbonyl (C=O) groups is 1. The van der Waals surface area contributed by atoms with E-state index in [-0.39, 0.29) is 17.9 Å². The van der Waals surface area contributed by atoms with E-state index in [4.69, 9.17) is 10.1 Å². The third kappa shape index (κ3) is 3.78. The lowest BCUT2D eigenvalue weighted by Gasteiger charge is -2.61. The lowest BCUT2D eigenvalue weighted by Crippen LogP contribution is -2.54. The highest BCUT2D eigenvalue weighted by atomic mass is 17.1. The van der Waals surface area contributed by atoms with E-state index in [1.54, 1.807) is 0 Å². The van der Waals surface area contributed by atoms with E-state index in [0.717, 1.165) is 42.7 Å². The molecule has 9 atom stereocenters. The SMILES string of the molecule is C=C(C)[C@@H](CC[C@@H](C)[C@H]1CC[C@@]2(C)[C@@H]3CC[C@@H](C(=C)CC(=O)OO)[C@@]4(CC)C[C@@]34CC[C@]12C)OO. The van der Waals surface area contributed by atoms with Crippen molar-refractivity contribution in [1.82, 2.24) is 0 Å². The maximum atomic E-state index is 11.8. The second kappa shape index (κ2) is 9.29. The van der Waals surface area contributed by atoms with Gasteiger partial charge in [-0.25, -0.2) is 9.68 Å². The van der Waals surface area contributed by atoms with Gasteiger partial charge in [-0.05, 0) is 122 Å². The molecule has 5 nitrogen and oxygen atoms in total. The standard InChI is InChI=1S/C30H48O5/c1-8-29-18-30(29)16-15-27(6)22(20(4)9-11-24(34-32)19(2)3)13-14-28(27,7)25(30)12-10-23(29)21(5)17-26(31)35-33/h20,22-25,32-33H,2,5,8-18H2,1,3-4,6-7H3/t20-,22-,23+,24-,25+,27-,28+,29-,30+/m1/s1. The predicted octanol–water partition coefficient (Wildman–Crippen LogP) is 7.83. The van der Waals surface area contributed by atoms with E-state index >= 15 is 0 Å². The van der Waals surface area contributed by atoms with Crippen LogP contribution in [0, 0.1) is 45.3 Å². The maximum Gasteiger partial charge on any atom is 0.346 e. The summed E-state index contributed by atoms with van der Waals surface area (Å²) in [6.07, 6.45) is 11.6. The Bertz CT molecular complexity index is 867. The molecule has 5 heteroatoms. The number of fused-ring (bicyclic) bond motifs is 2. The quantitative estimate of drug-likeness (QED) is 0.186. The molecule has 0 aliphatic heterocycles. The van der Waals surface area contributed by atoms with Crippen LogP contribution >= 0.6 is 0 Å². The van der Waals surface area contributed by atoms with Crippen LogP contribution in [-0.4, -0.2) is 22.6 Å². The summed E-state index contributed by atoms with van der Waals surface area (Å²) in [7, 11) is 0. The van der Waals surface area contributed by atoms with Crippen LogP contribution in [0.25, 0.3) is 0 Å². The molecule has 4 saturated carbocycles. The Balaban J connectivity index is 1.53. The van der Waals surface area contributed by atoms with Gasteiger partial charge in [0.1, 0.15) is 6.10 Å². The normalized spacial score (nSPS) is 43.3. The van der Waals surface area contributed by atoms with Crippen molar-refractivity contribution in [2.45, 2.75) is 111 Å². The first-order valence-corrected chi connectivity index (χ1v) is 13.9. The molecule has 4 aliphatic rings. The van der Waals surface area contributed by atoms with E-state index in [1.165, 1.54) is 38.5 Å². The van der Waals surface area contributed by atoms with Crippen LogP contribution in [0.2, 0.25) is 0 Å². The molecule has 0 saturated heterocycles. The second-order valence-corrected chi connectivity index (χ2v) is 13.3. The molecule has 1 spiro atoms. The summed E-state index contributed by atoms with van der Waals surface area (Å²) in [6.45, 7) is 20.1. The molecule has 0 aromatic carbocycles. The fourth-order valence-electron chi connectivity index (χ4n) is 10.4. The molecular weight excluding hydrogens is 440 g/mol. The summed E-state index contributed by atoms with van der Waals surface area (Å²) in [6, 6.07) is 0. The van der Waals surface area contributed by atoms with Gasteiger partial charge in [-0.2, -0.15) is 5.26 Å². The Hall–Kier alpha value is -1.17. The average Bonchev–Trinajstić information content (AvgIpc) is 3.42. The Morgan fingerprint density at radius 1 is 1.06 bits per heavy atom. The van der Waals surface area contributed by atoms with Crippen molar-refractivity contribution in [3.8, 4) is 0 Å². The molecular formula is C30H48O5. The summed E-state index contributed by atoms with van der Waals surface area (Å²) in [5.74, 6) is 1.77. The van der Waals surface area contributed by atoms with Crippen molar-refractivity contribution >= 4 is 5.97 Å². The Morgan fingerprint density at radius 2 is 1.77 bits per heavy atom. The van der Waals surface area contributed by atoms with Gasteiger partial charge in [0.05, 0.1) is 6.42 Å². The zero-order valence-electron chi connectivity index (χ0n) is 22.7. The summed E-state index contributed by atoms with van der Waals surface area (Å²) in [4.78, 5) is 20.5. The maximum absolute atomic E-state index is 11.8. The summed E-state index contributed by atoms with van der Waals surface area (Å²) >= 11 is 0. The molecule has 0 aromatic heterocycles. The molecule has 4 aliphatic carbocycles. The fourth-order valence-corrected chi connectivity index (χ4v) is 10.4. The number of carbonyl (C=O) groups excluding carboxylic acids is 1. The molecule has 0 unspecified atom stereocenters. The molecule has 4 fully saturated rings. The van der Waals surface area contributed by atoms with Crippen LogP contribution in [0.3, 0.4) is 0 Å². The van der Waals surface area contributed by atoms with Gasteiger partial charge in [0.15, 0.2) is 0 Å². The highest BCUT2D eigenvalue weighted by Crippen LogP contribution is 2.87. The highest BCUT2D eigenvalue weighted by Gasteiger charge is 2.79. The molecule has 198 valence electrons. The monoisotopic (exact) mass is 488 g/mol. The zero-order chi connectivity index (χ0) is 25.8. The van der Waals surface area contributed by atoms with Gasteiger partial charge in [0, 0.05) is 0 Å². The predicted molar refractivity (Wildman–Crippen MR) is 137 cm³/mol. The molecule has 0 heterocycles. The zero-order valence-corrected chi connectivity index (χ0v) is 22.7. The van der Waals surface area contributed by atoms with Crippen LogP contribution in [-0.2, 0) is 14.6 Å². The third-order valence-corrected chi connectivity index (χ3v) is 12.4. The van der Waals surface area contributed by atoms with Crippen LogP contribution in [0.15, 0.2) is 24.3 Å². The topological polar surface area (TPSA) is 76.0 Å². The van der Waals surface area contributed by atoms with Crippen LogP contribution in [0.5, 0.6) is 0 Å². The van der Waals surface area contributed by atoms with Crippen molar-refractivity contribution in [2.24, 2.45) is 45.3 Å². The lowest BCUT2D eigenvalue weighted by molar-refractivity contribution is -0.270. The van der Waals surface area contributed by atoms with Gasteiger partial charge in [0.25, 0.3) is 0 Å². The van der Waals surface area contributed by atoms with Crippen LogP contribution in [0.4, 0.5) is 0 Å². The van der Waals surface area contributed by atoms with Crippen LogP contribution in [0.1, 0.15) is 105 Å². The summed E-state index contributed by atoms with van der Waals surface area (Å²) in [5, 5.41) is 18.1. The van der Waals surface area contributed by atoms with Gasteiger partial charge in [-0.1, -0.05) is 46.4 Å². The molecule has 0 amide bonds. The Kier molecular flexibility index (Phi) is 7.14. The molecule has 35 heavy (non-hydrogen) atoms. The number of hydrogen-bond acceptors (Lipinski definition) is 5. The molecule has 0 radical (unpaired) electrons.